The van der Waals surface area contributed by atoms with Crippen LogP contribution in [0, 0.1) is 10.1 Å². The number of hydrogen-bond acceptors (Lipinski definition) is 7. The lowest BCUT2D eigenvalue weighted by atomic mass is 10.1. The minimum absolute atomic E-state index is 0.0852. The molecular formula is C14H13N3O5S. The first-order chi connectivity index (χ1) is 11.0. The van der Waals surface area contributed by atoms with Crippen LogP contribution < -0.4 is 5.32 Å². The first-order valence-corrected chi connectivity index (χ1v) is 7.46. The van der Waals surface area contributed by atoms with Crippen molar-refractivity contribution >= 4 is 33.3 Å². The molecule has 1 heterocycles. The Hall–Kier alpha value is -2.81. The zero-order valence-corrected chi connectivity index (χ0v) is 12.7. The summed E-state index contributed by atoms with van der Waals surface area (Å²) in [5.41, 5.74) is 1.00. The molecule has 0 bridgehead atoms. The average molecular weight is 335 g/mol. The molecule has 0 aliphatic heterocycles. The first kappa shape index (κ1) is 16.6. The topological polar surface area (TPSA) is 111 Å². The number of esters is 1. The van der Waals surface area contributed by atoms with Crippen LogP contribution in [0.2, 0.25) is 0 Å². The molecule has 2 rings (SSSR count). The molecule has 1 amide bonds. The van der Waals surface area contributed by atoms with Crippen LogP contribution in [0.3, 0.4) is 0 Å². The normalized spacial score (nSPS) is 10.1. The van der Waals surface area contributed by atoms with E-state index in [2.05, 4.69) is 10.3 Å². The summed E-state index contributed by atoms with van der Waals surface area (Å²) in [6, 6.07) is 9.43. The van der Waals surface area contributed by atoms with Crippen molar-refractivity contribution in [3.05, 3.63) is 52.2 Å². The average Bonchev–Trinajstić information content (AvgIpc) is 3.00. The highest BCUT2D eigenvalue weighted by Gasteiger charge is 2.14. The van der Waals surface area contributed by atoms with Crippen LogP contribution in [-0.2, 0) is 20.7 Å². The van der Waals surface area contributed by atoms with Gasteiger partial charge < -0.3 is 4.74 Å². The lowest BCUT2D eigenvalue weighted by molar-refractivity contribution is -0.380. The molecule has 0 unspecified atom stereocenters. The van der Waals surface area contributed by atoms with Crippen molar-refractivity contribution in [3.8, 4) is 0 Å². The smallest absolute Gasteiger partial charge is 0.345 e. The van der Waals surface area contributed by atoms with Crippen molar-refractivity contribution in [2.45, 2.75) is 12.8 Å². The summed E-state index contributed by atoms with van der Waals surface area (Å²) in [7, 11) is 0. The van der Waals surface area contributed by atoms with Gasteiger partial charge in [-0.05, 0) is 23.3 Å². The Bertz CT molecular complexity index is 701. The third-order valence-corrected chi connectivity index (χ3v) is 3.61. The van der Waals surface area contributed by atoms with Gasteiger partial charge in [-0.1, -0.05) is 30.3 Å². The van der Waals surface area contributed by atoms with Gasteiger partial charge in [-0.15, -0.1) is 0 Å². The fourth-order valence-electron chi connectivity index (χ4n) is 1.67. The third-order valence-electron chi connectivity index (χ3n) is 2.74. The molecule has 8 nitrogen and oxygen atoms in total. The largest absolute Gasteiger partial charge is 0.456 e. The molecule has 1 N–H and O–H groups in total. The van der Waals surface area contributed by atoms with Gasteiger partial charge in [-0.25, -0.2) is 4.98 Å². The zero-order valence-electron chi connectivity index (χ0n) is 11.9. The second-order valence-corrected chi connectivity index (χ2v) is 5.46. The number of aryl methyl sites for hydroxylation is 1. The first-order valence-electron chi connectivity index (χ1n) is 6.64. The standard InChI is InChI=1S/C14H13N3O5S/c18-11(16-14-15-8-12(23-14)17(20)21)9-22-13(19)7-6-10-4-2-1-3-5-10/h1-5,8H,6-7,9H2,(H,15,16,18). The number of thiazole rings is 1. The number of carbonyl (C=O) groups is 2. The quantitative estimate of drug-likeness (QED) is 0.471. The highest BCUT2D eigenvalue weighted by Crippen LogP contribution is 2.24. The second kappa shape index (κ2) is 7.99. The SMILES string of the molecule is O=C(COC(=O)CCc1ccccc1)Nc1ncc([N+](=O)[O-])s1. The third kappa shape index (κ3) is 5.47. The summed E-state index contributed by atoms with van der Waals surface area (Å²) in [5.74, 6) is -1.09. The maximum absolute atomic E-state index is 11.6. The van der Waals surface area contributed by atoms with E-state index < -0.39 is 23.4 Å². The van der Waals surface area contributed by atoms with Gasteiger partial charge in [0.05, 0.1) is 4.92 Å². The molecule has 0 fully saturated rings. The van der Waals surface area contributed by atoms with Gasteiger partial charge in [0.1, 0.15) is 6.20 Å². The van der Waals surface area contributed by atoms with Crippen LogP contribution in [0.25, 0.3) is 0 Å². The number of ether oxygens (including phenoxy) is 1. The van der Waals surface area contributed by atoms with Gasteiger partial charge in [0.2, 0.25) is 0 Å². The van der Waals surface area contributed by atoms with E-state index in [1.807, 2.05) is 30.3 Å². The Kier molecular flexibility index (Phi) is 5.75. The van der Waals surface area contributed by atoms with Gasteiger partial charge >= 0.3 is 11.0 Å². The molecule has 0 atom stereocenters. The summed E-state index contributed by atoms with van der Waals surface area (Å²) in [4.78, 5) is 36.7. The molecule has 120 valence electrons. The highest BCUT2D eigenvalue weighted by molar-refractivity contribution is 7.18. The van der Waals surface area contributed by atoms with Crippen LogP contribution >= 0.6 is 11.3 Å². The fourth-order valence-corrected chi connectivity index (χ4v) is 2.32. The lowest BCUT2D eigenvalue weighted by Crippen LogP contribution is -2.20. The molecule has 1 aromatic carbocycles. The Morgan fingerprint density at radius 3 is 2.70 bits per heavy atom. The van der Waals surface area contributed by atoms with E-state index in [0.29, 0.717) is 6.42 Å². The number of nitrogens with zero attached hydrogens (tertiary/aromatic N) is 2. The Morgan fingerprint density at radius 2 is 2.04 bits per heavy atom. The summed E-state index contributed by atoms with van der Waals surface area (Å²) in [6.07, 6.45) is 1.74. The van der Waals surface area contributed by atoms with Crippen LogP contribution in [0.5, 0.6) is 0 Å². The monoisotopic (exact) mass is 335 g/mol. The number of aromatic nitrogens is 1. The molecule has 23 heavy (non-hydrogen) atoms. The summed E-state index contributed by atoms with van der Waals surface area (Å²) < 4.78 is 4.84. The van der Waals surface area contributed by atoms with Crippen LogP contribution in [-0.4, -0.2) is 28.4 Å². The Balaban J connectivity index is 1.71. The summed E-state index contributed by atoms with van der Waals surface area (Å²) >= 11 is 0.728. The van der Waals surface area contributed by atoms with Crippen LogP contribution in [0.15, 0.2) is 36.5 Å². The van der Waals surface area contributed by atoms with Gasteiger partial charge in [0, 0.05) is 6.42 Å². The van der Waals surface area contributed by atoms with E-state index in [-0.39, 0.29) is 16.6 Å². The highest BCUT2D eigenvalue weighted by atomic mass is 32.1. The molecule has 0 saturated heterocycles. The number of nitro groups is 1. The number of benzene rings is 1. The van der Waals surface area contributed by atoms with Crippen molar-refractivity contribution in [2.75, 3.05) is 11.9 Å². The van der Waals surface area contributed by atoms with Crippen LogP contribution in [0.1, 0.15) is 12.0 Å². The van der Waals surface area contributed by atoms with Crippen molar-refractivity contribution in [2.24, 2.45) is 0 Å². The summed E-state index contributed by atoms with van der Waals surface area (Å²) in [6.45, 7) is -0.457. The van der Waals surface area contributed by atoms with E-state index in [4.69, 9.17) is 4.74 Å². The zero-order chi connectivity index (χ0) is 16.7. The van der Waals surface area contributed by atoms with E-state index in [9.17, 15) is 19.7 Å². The minimum Gasteiger partial charge on any atom is -0.456 e. The van der Waals surface area contributed by atoms with Crippen molar-refractivity contribution in [1.29, 1.82) is 0 Å². The summed E-state index contributed by atoms with van der Waals surface area (Å²) in [5, 5.41) is 12.7. The molecule has 0 spiro atoms. The van der Waals surface area contributed by atoms with Crippen molar-refractivity contribution in [1.82, 2.24) is 4.98 Å². The van der Waals surface area contributed by atoms with Gasteiger partial charge in [0.25, 0.3) is 5.91 Å². The maximum atomic E-state index is 11.6. The number of hydrogen-bond donors (Lipinski definition) is 1. The number of amides is 1. The van der Waals surface area contributed by atoms with Crippen LogP contribution in [0.4, 0.5) is 10.1 Å². The van der Waals surface area contributed by atoms with Crippen molar-refractivity contribution < 1.29 is 19.2 Å². The molecule has 0 aliphatic rings. The van der Waals surface area contributed by atoms with Gasteiger partial charge in [0.15, 0.2) is 11.7 Å². The maximum Gasteiger partial charge on any atom is 0.345 e. The molecule has 1 aromatic heterocycles. The number of carbonyl (C=O) groups excluding carboxylic acids is 2. The molecule has 2 aromatic rings. The number of rotatable bonds is 7. The van der Waals surface area contributed by atoms with E-state index in [1.165, 1.54) is 0 Å². The lowest BCUT2D eigenvalue weighted by Gasteiger charge is -2.04. The van der Waals surface area contributed by atoms with Crippen molar-refractivity contribution in [3.63, 3.8) is 0 Å². The van der Waals surface area contributed by atoms with Gasteiger partial charge in [-0.3, -0.25) is 25.0 Å². The second-order valence-electron chi connectivity index (χ2n) is 4.46. The van der Waals surface area contributed by atoms with E-state index in [1.54, 1.807) is 0 Å². The Labute approximate surface area is 135 Å². The molecule has 0 saturated carbocycles. The van der Waals surface area contributed by atoms with E-state index >= 15 is 0 Å². The molecular weight excluding hydrogens is 322 g/mol. The predicted octanol–water partition coefficient (Wildman–Crippen LogP) is 2.17. The van der Waals surface area contributed by atoms with Gasteiger partial charge in [-0.2, -0.15) is 0 Å². The molecule has 0 radical (unpaired) electrons. The molecule has 0 aliphatic carbocycles. The predicted molar refractivity (Wildman–Crippen MR) is 83.1 cm³/mol. The molecule has 9 heteroatoms. The number of anilines is 1. The minimum atomic E-state index is -0.600. The fraction of sp³-hybridized carbons (Fsp3) is 0.214. The Morgan fingerprint density at radius 1 is 1.30 bits per heavy atom. The number of nitrogens with one attached hydrogen (secondary N) is 1. The van der Waals surface area contributed by atoms with E-state index in [0.717, 1.165) is 23.1 Å².